The van der Waals surface area contributed by atoms with Crippen LogP contribution in [0.4, 0.5) is 0 Å². The highest BCUT2D eigenvalue weighted by Crippen LogP contribution is 2.18. The Morgan fingerprint density at radius 1 is 1.41 bits per heavy atom. The van der Waals surface area contributed by atoms with Gasteiger partial charge in [0.05, 0.1) is 11.5 Å². The zero-order chi connectivity index (χ0) is 13.1. The van der Waals surface area contributed by atoms with E-state index in [9.17, 15) is 13.2 Å². The Kier molecular flexibility index (Phi) is 4.74. The maximum absolute atomic E-state index is 12.0. The molecule has 1 atom stereocenters. The Morgan fingerprint density at radius 3 is 2.47 bits per heavy atom. The van der Waals surface area contributed by atoms with Gasteiger partial charge < -0.3 is 4.90 Å². The third kappa shape index (κ3) is 4.15. The minimum atomic E-state index is -2.94. The molecule has 0 radical (unpaired) electrons. The van der Waals surface area contributed by atoms with Gasteiger partial charge in [-0.25, -0.2) is 8.42 Å². The molecular weight excluding hydrogens is 238 g/mol. The van der Waals surface area contributed by atoms with Gasteiger partial charge in [-0.3, -0.25) is 4.79 Å². The fourth-order valence-electron chi connectivity index (χ4n) is 2.06. The highest BCUT2D eigenvalue weighted by atomic mass is 32.2. The van der Waals surface area contributed by atoms with Crippen LogP contribution in [-0.4, -0.2) is 43.3 Å². The number of allylic oxidation sites excluding steroid dienone is 1. The van der Waals surface area contributed by atoms with E-state index in [1.165, 1.54) is 0 Å². The number of hydrogen-bond acceptors (Lipinski definition) is 3. The molecule has 0 N–H and O–H groups in total. The largest absolute Gasteiger partial charge is 0.335 e. The molecule has 0 aromatic heterocycles. The van der Waals surface area contributed by atoms with Gasteiger partial charge in [-0.1, -0.05) is 12.5 Å². The highest BCUT2D eigenvalue weighted by molar-refractivity contribution is 7.91. The van der Waals surface area contributed by atoms with Crippen LogP contribution in [0, 0.1) is 0 Å². The van der Waals surface area contributed by atoms with Crippen molar-refractivity contribution in [2.45, 2.75) is 39.7 Å². The first-order chi connectivity index (χ1) is 7.85. The molecule has 1 amide bonds. The fraction of sp³-hybridized carbons (Fsp3) is 0.750. The van der Waals surface area contributed by atoms with E-state index in [1.54, 1.807) is 11.0 Å². The number of rotatable bonds is 4. The summed E-state index contributed by atoms with van der Waals surface area (Å²) in [4.78, 5) is 13.7. The van der Waals surface area contributed by atoms with E-state index in [1.807, 2.05) is 20.8 Å². The topological polar surface area (TPSA) is 54.5 Å². The molecule has 0 aliphatic carbocycles. The van der Waals surface area contributed by atoms with Crippen molar-refractivity contribution in [1.82, 2.24) is 4.90 Å². The molecule has 1 unspecified atom stereocenters. The SMILES string of the molecule is CCCN(C(=O)C=C(C)C)C1CCS(=O)(=O)C1. The summed E-state index contributed by atoms with van der Waals surface area (Å²) in [5.74, 6) is 0.268. The Labute approximate surface area is 104 Å². The zero-order valence-electron chi connectivity index (χ0n) is 10.8. The van der Waals surface area contributed by atoms with Gasteiger partial charge in [-0.05, 0) is 26.7 Å². The molecule has 1 aliphatic rings. The number of hydrogen-bond donors (Lipinski definition) is 0. The third-order valence-corrected chi connectivity index (χ3v) is 4.56. The summed E-state index contributed by atoms with van der Waals surface area (Å²) in [6, 6.07) is -0.136. The van der Waals surface area contributed by atoms with E-state index < -0.39 is 9.84 Å². The van der Waals surface area contributed by atoms with E-state index in [0.29, 0.717) is 13.0 Å². The Morgan fingerprint density at radius 2 is 2.06 bits per heavy atom. The molecule has 0 spiro atoms. The Hall–Kier alpha value is -0.840. The van der Waals surface area contributed by atoms with Crippen LogP contribution in [0.15, 0.2) is 11.6 Å². The predicted molar refractivity (Wildman–Crippen MR) is 68.5 cm³/mol. The molecule has 5 heteroatoms. The van der Waals surface area contributed by atoms with Crippen LogP contribution in [0.1, 0.15) is 33.6 Å². The van der Waals surface area contributed by atoms with Crippen LogP contribution in [0.25, 0.3) is 0 Å². The van der Waals surface area contributed by atoms with Crippen LogP contribution in [-0.2, 0) is 14.6 Å². The van der Waals surface area contributed by atoms with Gasteiger partial charge in [0, 0.05) is 18.7 Å². The van der Waals surface area contributed by atoms with Crippen molar-refractivity contribution >= 4 is 15.7 Å². The molecule has 1 aliphatic heterocycles. The van der Waals surface area contributed by atoms with Gasteiger partial charge in [-0.15, -0.1) is 0 Å². The summed E-state index contributed by atoms with van der Waals surface area (Å²) in [5, 5.41) is 0. The average molecular weight is 259 g/mol. The fourth-order valence-corrected chi connectivity index (χ4v) is 3.80. The summed E-state index contributed by atoms with van der Waals surface area (Å²) in [7, 11) is -2.94. The molecule has 4 nitrogen and oxygen atoms in total. The maximum atomic E-state index is 12.0. The van der Waals surface area contributed by atoms with Gasteiger partial charge in [0.15, 0.2) is 9.84 Å². The van der Waals surface area contributed by atoms with E-state index in [2.05, 4.69) is 0 Å². The quantitative estimate of drug-likeness (QED) is 0.717. The smallest absolute Gasteiger partial charge is 0.246 e. The van der Waals surface area contributed by atoms with E-state index in [0.717, 1.165) is 12.0 Å². The summed E-state index contributed by atoms with van der Waals surface area (Å²) in [5.41, 5.74) is 0.942. The lowest BCUT2D eigenvalue weighted by molar-refractivity contribution is -0.127. The summed E-state index contributed by atoms with van der Waals surface area (Å²) < 4.78 is 22.9. The molecule has 17 heavy (non-hydrogen) atoms. The Bertz CT molecular complexity index is 407. The molecule has 98 valence electrons. The first kappa shape index (κ1) is 14.2. The molecule has 1 heterocycles. The third-order valence-electron chi connectivity index (χ3n) is 2.81. The van der Waals surface area contributed by atoms with Crippen molar-refractivity contribution in [2.24, 2.45) is 0 Å². The zero-order valence-corrected chi connectivity index (χ0v) is 11.6. The van der Waals surface area contributed by atoms with Gasteiger partial charge in [-0.2, -0.15) is 0 Å². The first-order valence-corrected chi connectivity index (χ1v) is 7.84. The minimum Gasteiger partial charge on any atom is -0.335 e. The maximum Gasteiger partial charge on any atom is 0.246 e. The average Bonchev–Trinajstić information content (AvgIpc) is 2.53. The summed E-state index contributed by atoms with van der Waals surface area (Å²) in [6.45, 7) is 6.36. The molecule has 0 saturated carbocycles. The predicted octanol–water partition coefficient (Wildman–Crippen LogP) is 1.38. The molecule has 0 aromatic carbocycles. The van der Waals surface area contributed by atoms with Crippen LogP contribution in [0.2, 0.25) is 0 Å². The van der Waals surface area contributed by atoms with Crippen LogP contribution < -0.4 is 0 Å². The molecule has 1 saturated heterocycles. The second kappa shape index (κ2) is 5.67. The molecule has 0 aromatic rings. The Balaban J connectivity index is 2.80. The number of sulfone groups is 1. The van der Waals surface area contributed by atoms with Crippen LogP contribution in [0.3, 0.4) is 0 Å². The lowest BCUT2D eigenvalue weighted by Gasteiger charge is -2.26. The molecular formula is C12H21NO3S. The molecule has 1 rings (SSSR count). The summed E-state index contributed by atoms with van der Waals surface area (Å²) in [6.07, 6.45) is 3.00. The summed E-state index contributed by atoms with van der Waals surface area (Å²) >= 11 is 0. The normalized spacial score (nSPS) is 22.2. The first-order valence-electron chi connectivity index (χ1n) is 6.01. The number of carbonyl (C=O) groups excluding carboxylic acids is 1. The lowest BCUT2D eigenvalue weighted by Crippen LogP contribution is -2.40. The van der Waals surface area contributed by atoms with Gasteiger partial charge in [0.2, 0.25) is 5.91 Å². The van der Waals surface area contributed by atoms with E-state index in [4.69, 9.17) is 0 Å². The van der Waals surface area contributed by atoms with Crippen molar-refractivity contribution in [1.29, 1.82) is 0 Å². The second-order valence-electron chi connectivity index (χ2n) is 4.81. The van der Waals surface area contributed by atoms with Crippen molar-refractivity contribution in [2.75, 3.05) is 18.1 Å². The van der Waals surface area contributed by atoms with Gasteiger partial charge >= 0.3 is 0 Å². The van der Waals surface area contributed by atoms with Crippen molar-refractivity contribution in [3.8, 4) is 0 Å². The standard InChI is InChI=1S/C12H21NO3S/c1-4-6-13(12(14)8-10(2)3)11-5-7-17(15,16)9-11/h8,11H,4-7,9H2,1-3H3. The van der Waals surface area contributed by atoms with Crippen molar-refractivity contribution in [3.63, 3.8) is 0 Å². The molecule has 1 fully saturated rings. The van der Waals surface area contributed by atoms with Crippen molar-refractivity contribution < 1.29 is 13.2 Å². The van der Waals surface area contributed by atoms with E-state index >= 15 is 0 Å². The number of nitrogens with zero attached hydrogens (tertiary/aromatic N) is 1. The number of carbonyl (C=O) groups is 1. The van der Waals surface area contributed by atoms with Crippen LogP contribution >= 0.6 is 0 Å². The van der Waals surface area contributed by atoms with Gasteiger partial charge in [0.1, 0.15) is 0 Å². The van der Waals surface area contributed by atoms with Crippen LogP contribution in [0.5, 0.6) is 0 Å². The second-order valence-corrected chi connectivity index (χ2v) is 7.04. The lowest BCUT2D eigenvalue weighted by atomic mass is 10.2. The molecule has 0 bridgehead atoms. The monoisotopic (exact) mass is 259 g/mol. The highest BCUT2D eigenvalue weighted by Gasteiger charge is 2.33. The van der Waals surface area contributed by atoms with E-state index in [-0.39, 0.29) is 23.5 Å². The minimum absolute atomic E-state index is 0.0612. The van der Waals surface area contributed by atoms with Crippen molar-refractivity contribution in [3.05, 3.63) is 11.6 Å². The number of amides is 1. The van der Waals surface area contributed by atoms with Gasteiger partial charge in [0.25, 0.3) is 0 Å².